The van der Waals surface area contributed by atoms with Crippen LogP contribution in [0.15, 0.2) is 54.3 Å². The highest BCUT2D eigenvalue weighted by molar-refractivity contribution is 7.13. The summed E-state index contributed by atoms with van der Waals surface area (Å²) in [7, 11) is 0. The van der Waals surface area contributed by atoms with Crippen molar-refractivity contribution in [1.29, 1.82) is 0 Å². The van der Waals surface area contributed by atoms with E-state index in [9.17, 15) is 0 Å². The zero-order valence-electron chi connectivity index (χ0n) is 14.8. The fourth-order valence-corrected chi connectivity index (χ4v) is 3.95. The molecule has 0 spiro atoms. The molecule has 1 fully saturated rings. The maximum atomic E-state index is 4.83. The minimum Gasteiger partial charge on any atom is -0.313 e. The highest BCUT2D eigenvalue weighted by atomic mass is 32.1. The molecule has 0 radical (unpaired) electrons. The molecule has 0 unspecified atom stereocenters. The van der Waals surface area contributed by atoms with E-state index in [1.54, 1.807) is 15.9 Å². The molecule has 1 saturated heterocycles. The summed E-state index contributed by atoms with van der Waals surface area (Å²) in [6.07, 6.45) is 6.92. The van der Waals surface area contributed by atoms with Crippen LogP contribution in [0.2, 0.25) is 0 Å². The number of nitrogens with one attached hydrogen (secondary N) is 2. The van der Waals surface area contributed by atoms with E-state index in [0.717, 1.165) is 47.1 Å². The largest absolute Gasteiger partial charge is 0.313 e. The molecular weight excluding hydrogens is 356 g/mol. The van der Waals surface area contributed by atoms with Gasteiger partial charge in [-0.1, -0.05) is 6.07 Å². The average molecular weight is 376 g/mol. The zero-order valence-corrected chi connectivity index (χ0v) is 15.6. The van der Waals surface area contributed by atoms with Crippen molar-refractivity contribution < 1.29 is 0 Å². The molecule has 1 aliphatic rings. The molecule has 136 valence electrons. The van der Waals surface area contributed by atoms with Gasteiger partial charge in [0.1, 0.15) is 0 Å². The smallest absolute Gasteiger partial charge is 0.165 e. The fraction of sp³-hybridized carbons (Fsp3) is 0.250. The maximum Gasteiger partial charge on any atom is 0.165 e. The van der Waals surface area contributed by atoms with Gasteiger partial charge in [-0.05, 0) is 48.2 Å². The van der Waals surface area contributed by atoms with Crippen LogP contribution in [0.3, 0.4) is 0 Å². The Balaban J connectivity index is 1.42. The first-order chi connectivity index (χ1) is 13.4. The summed E-state index contributed by atoms with van der Waals surface area (Å²) in [6, 6.07) is 10.9. The van der Waals surface area contributed by atoms with Crippen LogP contribution < -0.4 is 10.6 Å². The average Bonchev–Trinajstić information content (AvgIpc) is 3.33. The van der Waals surface area contributed by atoms with E-state index in [-0.39, 0.29) is 0 Å². The Hall–Kier alpha value is -2.61. The molecule has 1 atom stereocenters. The third kappa shape index (κ3) is 3.37. The van der Waals surface area contributed by atoms with Crippen molar-refractivity contribution in [3.63, 3.8) is 0 Å². The minimum atomic E-state index is 0.616. The first kappa shape index (κ1) is 16.6. The van der Waals surface area contributed by atoms with E-state index < -0.39 is 0 Å². The lowest BCUT2D eigenvalue weighted by atomic mass is 10.1. The molecule has 0 aliphatic carbocycles. The monoisotopic (exact) mass is 376 g/mol. The topological polar surface area (TPSA) is 67.1 Å². The number of nitrogens with zero attached hydrogens (tertiary/aromatic N) is 4. The van der Waals surface area contributed by atoms with E-state index in [0.29, 0.717) is 6.04 Å². The zero-order chi connectivity index (χ0) is 18.1. The minimum absolute atomic E-state index is 0.616. The fourth-order valence-electron chi connectivity index (χ4n) is 3.26. The van der Waals surface area contributed by atoms with Crippen LogP contribution >= 0.6 is 11.3 Å². The predicted molar refractivity (Wildman–Crippen MR) is 108 cm³/mol. The molecule has 5 heterocycles. The van der Waals surface area contributed by atoms with Gasteiger partial charge in [-0.25, -0.2) is 9.50 Å². The Bertz CT molecular complexity index is 1050. The van der Waals surface area contributed by atoms with Crippen LogP contribution in [-0.4, -0.2) is 38.7 Å². The second-order valence-electron chi connectivity index (χ2n) is 6.74. The molecule has 7 heteroatoms. The third-order valence-corrected chi connectivity index (χ3v) is 5.78. The molecule has 1 aliphatic heterocycles. The summed E-state index contributed by atoms with van der Waals surface area (Å²) >= 11 is 1.69. The second kappa shape index (κ2) is 7.19. The van der Waals surface area contributed by atoms with E-state index in [1.807, 2.05) is 30.7 Å². The van der Waals surface area contributed by atoms with Crippen LogP contribution in [0.5, 0.6) is 0 Å². The molecule has 0 saturated carbocycles. The van der Waals surface area contributed by atoms with Gasteiger partial charge in [0.15, 0.2) is 5.65 Å². The molecule has 0 amide bonds. The lowest BCUT2D eigenvalue weighted by Gasteiger charge is -2.27. The lowest BCUT2D eigenvalue weighted by molar-refractivity contribution is 0.353. The number of rotatable bonds is 6. The Morgan fingerprint density at radius 2 is 2.22 bits per heavy atom. The first-order valence-corrected chi connectivity index (χ1v) is 10.0. The van der Waals surface area contributed by atoms with Crippen molar-refractivity contribution in [1.82, 2.24) is 30.2 Å². The number of hydrogen-bond donors (Lipinski definition) is 2. The van der Waals surface area contributed by atoms with Gasteiger partial charge in [0, 0.05) is 31.5 Å². The maximum absolute atomic E-state index is 4.83. The van der Waals surface area contributed by atoms with Gasteiger partial charge in [-0.15, -0.1) is 11.3 Å². The number of thiophene rings is 1. The van der Waals surface area contributed by atoms with E-state index >= 15 is 0 Å². The van der Waals surface area contributed by atoms with Crippen LogP contribution in [0.1, 0.15) is 12.0 Å². The van der Waals surface area contributed by atoms with Gasteiger partial charge in [-0.2, -0.15) is 5.10 Å². The van der Waals surface area contributed by atoms with Crippen molar-refractivity contribution in [2.45, 2.75) is 19.0 Å². The Labute approximate surface area is 161 Å². The molecule has 4 aromatic rings. The molecule has 2 N–H and O–H groups in total. The highest BCUT2D eigenvalue weighted by Gasteiger charge is 2.15. The predicted octanol–water partition coefficient (Wildman–Crippen LogP) is 2.97. The van der Waals surface area contributed by atoms with Gasteiger partial charge in [-0.3, -0.25) is 4.98 Å². The summed E-state index contributed by atoms with van der Waals surface area (Å²) in [6.45, 7) is 2.97. The van der Waals surface area contributed by atoms with Crippen LogP contribution in [-0.2, 0) is 6.54 Å². The Morgan fingerprint density at radius 3 is 3.04 bits per heavy atom. The summed E-state index contributed by atoms with van der Waals surface area (Å²) in [5, 5.41) is 13.4. The highest BCUT2D eigenvalue weighted by Crippen LogP contribution is 2.27. The number of aromatic nitrogens is 4. The van der Waals surface area contributed by atoms with Gasteiger partial charge in [0.05, 0.1) is 28.0 Å². The number of fused-ring (bicyclic) bond motifs is 1. The van der Waals surface area contributed by atoms with Crippen molar-refractivity contribution >= 4 is 17.0 Å². The molecular formula is C20H20N6S. The summed E-state index contributed by atoms with van der Waals surface area (Å²) in [4.78, 5) is 10.6. The second-order valence-corrected chi connectivity index (χ2v) is 7.68. The molecule has 0 bridgehead atoms. The Kier molecular flexibility index (Phi) is 4.41. The molecule has 6 nitrogen and oxygen atoms in total. The van der Waals surface area contributed by atoms with Gasteiger partial charge >= 0.3 is 0 Å². The first-order valence-electron chi connectivity index (χ1n) is 9.14. The number of hydrogen-bond acceptors (Lipinski definition) is 6. The quantitative estimate of drug-likeness (QED) is 0.542. The lowest BCUT2D eigenvalue weighted by Crippen LogP contribution is -2.48. The van der Waals surface area contributed by atoms with Gasteiger partial charge in [0.2, 0.25) is 0 Å². The van der Waals surface area contributed by atoms with Crippen molar-refractivity contribution in [2.24, 2.45) is 0 Å². The van der Waals surface area contributed by atoms with Crippen LogP contribution in [0, 0.1) is 0 Å². The summed E-state index contributed by atoms with van der Waals surface area (Å²) < 4.78 is 1.81. The van der Waals surface area contributed by atoms with E-state index in [1.165, 1.54) is 12.0 Å². The van der Waals surface area contributed by atoms with E-state index in [2.05, 4.69) is 44.3 Å². The van der Waals surface area contributed by atoms with Crippen LogP contribution in [0.25, 0.3) is 27.5 Å². The summed E-state index contributed by atoms with van der Waals surface area (Å²) in [5.74, 6) is 0. The van der Waals surface area contributed by atoms with Gasteiger partial charge in [0.25, 0.3) is 0 Å². The molecule has 5 rings (SSSR count). The van der Waals surface area contributed by atoms with Crippen molar-refractivity contribution in [3.8, 4) is 21.8 Å². The van der Waals surface area contributed by atoms with Crippen LogP contribution in [0.4, 0.5) is 0 Å². The third-order valence-electron chi connectivity index (χ3n) is 4.89. The number of pyridine rings is 1. The Morgan fingerprint density at radius 1 is 1.26 bits per heavy atom. The SMILES string of the molecule is c1csc(-c2ccn3ncc(-c4cc(CNC[C@@H]5CCN5)ccn4)c3n2)c1. The standard InChI is InChI=1S/C20H20N6S/c1-2-19(27-9-1)17-5-8-26-20(25-17)16(13-24-26)18-10-14(3-6-23-18)11-21-12-15-4-7-22-15/h1-3,5-6,8-10,13,15,21-22H,4,7,11-12H2/t15-/m0/s1. The van der Waals surface area contributed by atoms with E-state index in [4.69, 9.17) is 4.98 Å². The molecule has 0 aromatic carbocycles. The van der Waals surface area contributed by atoms with Crippen molar-refractivity contribution in [2.75, 3.05) is 13.1 Å². The van der Waals surface area contributed by atoms with Gasteiger partial charge < -0.3 is 10.6 Å². The molecule has 4 aromatic heterocycles. The molecule has 27 heavy (non-hydrogen) atoms. The summed E-state index contributed by atoms with van der Waals surface area (Å²) in [5.41, 5.74) is 4.87. The van der Waals surface area contributed by atoms with Crippen molar-refractivity contribution in [3.05, 3.63) is 59.9 Å². The normalized spacial score (nSPS) is 16.5.